The Labute approximate surface area is 128 Å². The fourth-order valence-corrected chi connectivity index (χ4v) is 2.68. The summed E-state index contributed by atoms with van der Waals surface area (Å²) in [7, 11) is 3.32. The molecule has 0 aliphatic heterocycles. The molecule has 21 heavy (non-hydrogen) atoms. The highest BCUT2D eigenvalue weighted by atomic mass is 35.5. The second kappa shape index (κ2) is 6.45. The zero-order chi connectivity index (χ0) is 15.6. The Morgan fingerprint density at radius 3 is 2.62 bits per heavy atom. The lowest BCUT2D eigenvalue weighted by atomic mass is 10.0. The van der Waals surface area contributed by atoms with Crippen LogP contribution in [0, 0.1) is 5.82 Å². The van der Waals surface area contributed by atoms with Crippen molar-refractivity contribution in [3.63, 3.8) is 0 Å². The van der Waals surface area contributed by atoms with Crippen molar-refractivity contribution in [2.75, 3.05) is 14.2 Å². The minimum Gasteiger partial charge on any atom is -0.493 e. The van der Waals surface area contributed by atoms with Gasteiger partial charge in [-0.25, -0.2) is 4.39 Å². The first kappa shape index (κ1) is 15.8. The lowest BCUT2D eigenvalue weighted by Gasteiger charge is -2.22. The van der Waals surface area contributed by atoms with E-state index in [1.54, 1.807) is 32.5 Å². The van der Waals surface area contributed by atoms with E-state index < -0.39 is 6.04 Å². The molecule has 0 bridgehead atoms. The molecule has 0 aliphatic carbocycles. The highest BCUT2D eigenvalue weighted by Gasteiger charge is 2.27. The van der Waals surface area contributed by atoms with E-state index in [0.29, 0.717) is 16.3 Å². The average molecular weight is 312 g/mol. The maximum Gasteiger partial charge on any atom is 0.161 e. The molecule has 1 aromatic carbocycles. The summed E-state index contributed by atoms with van der Waals surface area (Å²) in [4.78, 5) is 0. The first-order chi connectivity index (χ1) is 10.0. The topological polar surface area (TPSA) is 39.1 Å². The molecule has 0 radical (unpaired) electrons. The summed E-state index contributed by atoms with van der Waals surface area (Å²) in [5.41, 5.74) is 1.14. The van der Waals surface area contributed by atoms with Crippen molar-refractivity contribution in [1.29, 1.82) is 0 Å². The van der Waals surface area contributed by atoms with Gasteiger partial charge in [-0.2, -0.15) is 5.10 Å². The molecule has 0 amide bonds. The van der Waals surface area contributed by atoms with Crippen molar-refractivity contribution >= 4 is 11.6 Å². The normalized spacial score (nSPS) is 12.7. The summed E-state index contributed by atoms with van der Waals surface area (Å²) in [5, 5.41) is 7.80. The molecule has 0 fully saturated rings. The van der Waals surface area contributed by atoms with Crippen LogP contribution in [-0.2, 0) is 0 Å². The van der Waals surface area contributed by atoms with Gasteiger partial charge in [-0.3, -0.25) is 4.68 Å². The van der Waals surface area contributed by atoms with Crippen molar-refractivity contribution in [2.45, 2.75) is 25.9 Å². The highest BCUT2D eigenvalue weighted by molar-refractivity contribution is 6.31. The van der Waals surface area contributed by atoms with Gasteiger partial charge in [0, 0.05) is 16.6 Å². The quantitative estimate of drug-likeness (QED) is 0.917. The van der Waals surface area contributed by atoms with Gasteiger partial charge in [0.25, 0.3) is 0 Å². The minimum atomic E-state index is -0.446. The van der Waals surface area contributed by atoms with E-state index in [1.165, 1.54) is 6.07 Å². The smallest absolute Gasteiger partial charge is 0.161 e. The van der Waals surface area contributed by atoms with Gasteiger partial charge in [-0.1, -0.05) is 17.7 Å². The second-order valence-corrected chi connectivity index (χ2v) is 5.40. The molecule has 2 rings (SSSR count). The van der Waals surface area contributed by atoms with Crippen LogP contribution in [0.4, 0.5) is 4.39 Å². The molecule has 0 saturated heterocycles. The van der Waals surface area contributed by atoms with Crippen molar-refractivity contribution in [3.8, 4) is 5.75 Å². The van der Waals surface area contributed by atoms with Gasteiger partial charge in [0.15, 0.2) is 5.75 Å². The van der Waals surface area contributed by atoms with Crippen molar-refractivity contribution in [3.05, 3.63) is 46.5 Å². The van der Waals surface area contributed by atoms with E-state index in [2.05, 4.69) is 10.4 Å². The Hall–Kier alpha value is -1.59. The van der Waals surface area contributed by atoms with E-state index in [1.807, 2.05) is 18.5 Å². The number of hydrogen-bond acceptors (Lipinski definition) is 3. The maximum absolute atomic E-state index is 14.3. The number of halogens is 2. The van der Waals surface area contributed by atoms with Crippen LogP contribution in [0.1, 0.15) is 37.2 Å². The Balaban J connectivity index is 2.64. The summed E-state index contributed by atoms with van der Waals surface area (Å²) in [6.07, 6.45) is 1.63. The largest absolute Gasteiger partial charge is 0.493 e. The van der Waals surface area contributed by atoms with E-state index in [9.17, 15) is 4.39 Å². The number of benzene rings is 1. The molecule has 0 aliphatic rings. The van der Waals surface area contributed by atoms with E-state index in [0.717, 1.165) is 5.69 Å². The van der Waals surface area contributed by atoms with Crippen LogP contribution in [-0.4, -0.2) is 23.9 Å². The third kappa shape index (κ3) is 2.89. The predicted molar refractivity (Wildman–Crippen MR) is 81.5 cm³/mol. The Bertz CT molecular complexity index is 607. The van der Waals surface area contributed by atoms with Gasteiger partial charge < -0.3 is 10.1 Å². The molecule has 6 heteroatoms. The average Bonchev–Trinajstić information content (AvgIpc) is 2.86. The summed E-state index contributed by atoms with van der Waals surface area (Å²) < 4.78 is 21.4. The minimum absolute atomic E-state index is 0.116. The van der Waals surface area contributed by atoms with Crippen molar-refractivity contribution in [2.24, 2.45) is 0 Å². The molecule has 114 valence electrons. The maximum atomic E-state index is 14.3. The summed E-state index contributed by atoms with van der Waals surface area (Å²) in [6.45, 7) is 4.01. The summed E-state index contributed by atoms with van der Waals surface area (Å²) in [6, 6.07) is 4.33. The predicted octanol–water partition coefficient (Wildman–Crippen LogP) is 3.57. The van der Waals surface area contributed by atoms with Gasteiger partial charge in [-0.05, 0) is 33.0 Å². The lowest BCUT2D eigenvalue weighted by molar-refractivity contribution is 0.394. The SMILES string of the molecule is CNC(c1c(F)cccc1Cl)c1c(OC)cnn1C(C)C. The lowest BCUT2D eigenvalue weighted by Crippen LogP contribution is -2.24. The molecule has 4 nitrogen and oxygen atoms in total. The van der Waals surface area contributed by atoms with Gasteiger partial charge in [0.2, 0.25) is 0 Å². The fourth-order valence-electron chi connectivity index (χ4n) is 2.40. The van der Waals surface area contributed by atoms with Gasteiger partial charge in [-0.15, -0.1) is 0 Å². The van der Waals surface area contributed by atoms with Gasteiger partial charge in [0.1, 0.15) is 11.5 Å². The first-order valence-corrected chi connectivity index (χ1v) is 7.11. The van der Waals surface area contributed by atoms with Gasteiger partial charge in [0.05, 0.1) is 19.3 Å². The van der Waals surface area contributed by atoms with Crippen molar-refractivity contribution < 1.29 is 9.13 Å². The zero-order valence-electron chi connectivity index (χ0n) is 12.5. The molecular weight excluding hydrogens is 293 g/mol. The molecule has 1 N–H and O–H groups in total. The number of rotatable bonds is 5. The zero-order valence-corrected chi connectivity index (χ0v) is 13.3. The monoisotopic (exact) mass is 311 g/mol. The molecule has 1 aromatic heterocycles. The van der Waals surface area contributed by atoms with Crippen LogP contribution in [0.5, 0.6) is 5.75 Å². The molecular formula is C15H19ClFN3O. The third-order valence-corrected chi connectivity index (χ3v) is 3.69. The van der Waals surface area contributed by atoms with E-state index >= 15 is 0 Å². The fraction of sp³-hybridized carbons (Fsp3) is 0.400. The van der Waals surface area contributed by atoms with Crippen LogP contribution in [0.2, 0.25) is 5.02 Å². The molecule has 1 atom stereocenters. The molecule has 0 saturated carbocycles. The highest BCUT2D eigenvalue weighted by Crippen LogP contribution is 2.35. The summed E-state index contributed by atoms with van der Waals surface area (Å²) in [5.74, 6) is 0.239. The standard InChI is InChI=1S/C15H19ClFN3O/c1-9(2)20-15(12(21-4)8-19-20)14(18-3)13-10(16)6-5-7-11(13)17/h5-9,14,18H,1-4H3. The number of ether oxygens (including phenoxy) is 1. The number of methoxy groups -OCH3 is 1. The van der Waals surface area contributed by atoms with Crippen LogP contribution < -0.4 is 10.1 Å². The van der Waals surface area contributed by atoms with E-state index in [-0.39, 0.29) is 11.9 Å². The Morgan fingerprint density at radius 2 is 2.10 bits per heavy atom. The van der Waals surface area contributed by atoms with E-state index in [4.69, 9.17) is 16.3 Å². The number of nitrogens with zero attached hydrogens (tertiary/aromatic N) is 2. The summed E-state index contributed by atoms with van der Waals surface area (Å²) >= 11 is 6.20. The molecule has 1 heterocycles. The van der Waals surface area contributed by atoms with Crippen LogP contribution in [0.15, 0.2) is 24.4 Å². The molecule has 2 aromatic rings. The third-order valence-electron chi connectivity index (χ3n) is 3.36. The number of nitrogens with one attached hydrogen (secondary N) is 1. The van der Waals surface area contributed by atoms with Gasteiger partial charge >= 0.3 is 0 Å². The van der Waals surface area contributed by atoms with Crippen LogP contribution >= 0.6 is 11.6 Å². The van der Waals surface area contributed by atoms with Crippen molar-refractivity contribution in [1.82, 2.24) is 15.1 Å². The van der Waals surface area contributed by atoms with Crippen LogP contribution in [0.3, 0.4) is 0 Å². The first-order valence-electron chi connectivity index (χ1n) is 6.73. The number of aromatic nitrogens is 2. The second-order valence-electron chi connectivity index (χ2n) is 4.99. The molecule has 0 spiro atoms. The molecule has 1 unspecified atom stereocenters. The Kier molecular flexibility index (Phi) is 4.85. The van der Waals surface area contributed by atoms with Crippen LogP contribution in [0.25, 0.3) is 0 Å². The number of hydrogen-bond donors (Lipinski definition) is 1. The Morgan fingerprint density at radius 1 is 1.38 bits per heavy atom.